The van der Waals surface area contributed by atoms with Crippen LogP contribution in [0.1, 0.15) is 45.4 Å². The number of rotatable bonds is 6. The quantitative estimate of drug-likeness (QED) is 0.682. The maximum absolute atomic E-state index is 12.9. The molecule has 0 unspecified atom stereocenters. The molecule has 0 radical (unpaired) electrons. The van der Waals surface area contributed by atoms with Crippen LogP contribution in [0.2, 0.25) is 0 Å². The molecule has 0 bridgehead atoms. The van der Waals surface area contributed by atoms with Crippen molar-refractivity contribution in [3.63, 3.8) is 0 Å². The van der Waals surface area contributed by atoms with Gasteiger partial charge < -0.3 is 24.4 Å². The van der Waals surface area contributed by atoms with Crippen molar-refractivity contribution in [2.75, 3.05) is 72.7 Å². The van der Waals surface area contributed by atoms with Crippen molar-refractivity contribution in [2.24, 2.45) is 5.92 Å². The van der Waals surface area contributed by atoms with E-state index in [-0.39, 0.29) is 17.9 Å². The zero-order chi connectivity index (χ0) is 21.7. The van der Waals surface area contributed by atoms with Crippen LogP contribution in [0.3, 0.4) is 0 Å². The second kappa shape index (κ2) is 10.8. The fourth-order valence-electron chi connectivity index (χ4n) is 5.93. The maximum atomic E-state index is 12.9. The van der Waals surface area contributed by atoms with Crippen LogP contribution in [-0.4, -0.2) is 111 Å². The van der Waals surface area contributed by atoms with Crippen LogP contribution in [0.4, 0.5) is 4.79 Å². The maximum Gasteiger partial charge on any atom is 0.317 e. The zero-order valence-electron chi connectivity index (χ0n) is 19.5. The van der Waals surface area contributed by atoms with Crippen molar-refractivity contribution < 1.29 is 19.0 Å². The van der Waals surface area contributed by atoms with E-state index in [0.717, 1.165) is 91.0 Å². The second-order valence-corrected chi connectivity index (χ2v) is 9.78. The number of amides is 2. The third kappa shape index (κ3) is 5.90. The summed E-state index contributed by atoms with van der Waals surface area (Å²) in [6.07, 6.45) is 6.31. The van der Waals surface area contributed by atoms with E-state index in [1.165, 1.54) is 0 Å². The van der Waals surface area contributed by atoms with Gasteiger partial charge in [0.05, 0.1) is 19.8 Å². The Bertz CT molecular complexity index is 578. The molecule has 3 saturated heterocycles. The molecule has 4 rings (SSSR count). The molecule has 1 spiro atoms. The van der Waals surface area contributed by atoms with E-state index in [1.54, 1.807) is 0 Å². The van der Waals surface area contributed by atoms with Crippen molar-refractivity contribution in [3.05, 3.63) is 0 Å². The Labute approximate surface area is 187 Å². The first-order valence-corrected chi connectivity index (χ1v) is 12.4. The van der Waals surface area contributed by atoms with E-state index in [9.17, 15) is 4.79 Å². The molecular weight excluding hydrogens is 396 g/mol. The summed E-state index contributed by atoms with van der Waals surface area (Å²) in [5.74, 6) is 0.151. The highest BCUT2D eigenvalue weighted by molar-refractivity contribution is 5.74. The van der Waals surface area contributed by atoms with Crippen molar-refractivity contribution in [1.82, 2.24) is 20.0 Å². The highest BCUT2D eigenvalue weighted by Crippen LogP contribution is 2.44. The summed E-state index contributed by atoms with van der Waals surface area (Å²) in [4.78, 5) is 19.8. The SMILES string of the molecule is CCCN1C[C@@H](NC(=O)N(C)CCN2CCCOCC2)C[C@@H]2CC3(CC[C@H]21)OCCO3. The lowest BCUT2D eigenvalue weighted by Gasteiger charge is -2.51. The van der Waals surface area contributed by atoms with Crippen LogP contribution in [0, 0.1) is 5.92 Å². The lowest BCUT2D eigenvalue weighted by molar-refractivity contribution is -0.201. The van der Waals surface area contributed by atoms with Gasteiger partial charge in [-0.05, 0) is 38.1 Å². The van der Waals surface area contributed by atoms with E-state index < -0.39 is 0 Å². The molecule has 4 fully saturated rings. The van der Waals surface area contributed by atoms with E-state index in [0.29, 0.717) is 25.2 Å². The summed E-state index contributed by atoms with van der Waals surface area (Å²) < 4.78 is 17.6. The normalized spacial score (nSPS) is 31.9. The summed E-state index contributed by atoms with van der Waals surface area (Å²) in [7, 11) is 1.91. The Hall–Kier alpha value is -0.930. The molecule has 8 heteroatoms. The van der Waals surface area contributed by atoms with Crippen LogP contribution in [-0.2, 0) is 14.2 Å². The van der Waals surface area contributed by atoms with Crippen molar-refractivity contribution in [2.45, 2.75) is 63.3 Å². The fourth-order valence-corrected chi connectivity index (χ4v) is 5.93. The number of nitrogens with zero attached hydrogens (tertiary/aromatic N) is 3. The van der Waals surface area contributed by atoms with Crippen LogP contribution >= 0.6 is 0 Å². The molecule has 178 valence electrons. The Kier molecular flexibility index (Phi) is 8.09. The first-order chi connectivity index (χ1) is 15.1. The van der Waals surface area contributed by atoms with E-state index in [1.807, 2.05) is 11.9 Å². The van der Waals surface area contributed by atoms with Gasteiger partial charge in [-0.15, -0.1) is 0 Å². The number of hydrogen-bond acceptors (Lipinski definition) is 6. The predicted octanol–water partition coefficient (Wildman–Crippen LogP) is 1.75. The standard InChI is InChI=1S/C23H42N4O4/c1-3-7-27-18-20(16-19-17-23(6-5-21(19)27)30-14-15-31-23)24-22(28)25(2)9-10-26-8-4-12-29-13-11-26/h19-21H,3-18H2,1-2H3,(H,24,28)/t19-,20+,21-/m1/s1. The van der Waals surface area contributed by atoms with E-state index in [2.05, 4.69) is 22.0 Å². The van der Waals surface area contributed by atoms with Crippen LogP contribution in [0.15, 0.2) is 0 Å². The van der Waals surface area contributed by atoms with Gasteiger partial charge in [0.2, 0.25) is 0 Å². The average molecular weight is 439 g/mol. The number of hydrogen-bond donors (Lipinski definition) is 1. The molecule has 3 aliphatic heterocycles. The number of carbonyl (C=O) groups excluding carboxylic acids is 1. The molecule has 1 aliphatic carbocycles. The van der Waals surface area contributed by atoms with Crippen LogP contribution in [0.5, 0.6) is 0 Å². The number of carbonyl (C=O) groups is 1. The number of nitrogens with one attached hydrogen (secondary N) is 1. The monoisotopic (exact) mass is 438 g/mol. The Morgan fingerprint density at radius 1 is 1.16 bits per heavy atom. The molecule has 4 aliphatic rings. The van der Waals surface area contributed by atoms with Crippen molar-refractivity contribution in [1.29, 1.82) is 0 Å². The Morgan fingerprint density at radius 2 is 2.00 bits per heavy atom. The molecule has 31 heavy (non-hydrogen) atoms. The third-order valence-electron chi connectivity index (χ3n) is 7.51. The third-order valence-corrected chi connectivity index (χ3v) is 7.51. The fraction of sp³-hybridized carbons (Fsp3) is 0.957. The first-order valence-electron chi connectivity index (χ1n) is 12.4. The van der Waals surface area contributed by atoms with Gasteiger partial charge in [0, 0.05) is 71.3 Å². The molecule has 0 aromatic carbocycles. The number of likely N-dealkylation sites (tertiary alicyclic amines) is 1. The molecule has 3 atom stereocenters. The molecule has 8 nitrogen and oxygen atoms in total. The van der Waals surface area contributed by atoms with Crippen LogP contribution < -0.4 is 5.32 Å². The zero-order valence-corrected chi connectivity index (χ0v) is 19.5. The van der Waals surface area contributed by atoms with Crippen molar-refractivity contribution >= 4 is 6.03 Å². The smallest absolute Gasteiger partial charge is 0.317 e. The molecule has 3 heterocycles. The van der Waals surface area contributed by atoms with Gasteiger partial charge >= 0.3 is 6.03 Å². The predicted molar refractivity (Wildman–Crippen MR) is 119 cm³/mol. The second-order valence-electron chi connectivity index (χ2n) is 9.78. The lowest BCUT2D eigenvalue weighted by Crippen LogP contribution is -2.60. The minimum absolute atomic E-state index is 0.0462. The minimum Gasteiger partial charge on any atom is -0.380 e. The summed E-state index contributed by atoms with van der Waals surface area (Å²) >= 11 is 0. The molecule has 2 amide bonds. The number of piperidine rings is 1. The topological polar surface area (TPSA) is 66.5 Å². The summed E-state index contributed by atoms with van der Waals surface area (Å²) in [6.45, 7) is 11.0. The highest BCUT2D eigenvalue weighted by Gasteiger charge is 2.49. The molecule has 0 aromatic rings. The average Bonchev–Trinajstić information content (AvgIpc) is 3.04. The summed E-state index contributed by atoms with van der Waals surface area (Å²) in [6, 6.07) is 0.824. The molecule has 0 aromatic heterocycles. The summed E-state index contributed by atoms with van der Waals surface area (Å²) in [5.41, 5.74) is 0. The molecular formula is C23H42N4O4. The minimum atomic E-state index is -0.362. The van der Waals surface area contributed by atoms with Gasteiger partial charge in [-0.2, -0.15) is 0 Å². The number of ether oxygens (including phenoxy) is 3. The van der Waals surface area contributed by atoms with E-state index in [4.69, 9.17) is 14.2 Å². The molecule has 1 N–H and O–H groups in total. The van der Waals surface area contributed by atoms with Crippen molar-refractivity contribution in [3.8, 4) is 0 Å². The van der Waals surface area contributed by atoms with E-state index >= 15 is 0 Å². The largest absolute Gasteiger partial charge is 0.380 e. The van der Waals surface area contributed by atoms with Gasteiger partial charge in [-0.3, -0.25) is 9.80 Å². The van der Waals surface area contributed by atoms with Gasteiger partial charge in [0.25, 0.3) is 0 Å². The lowest BCUT2D eigenvalue weighted by atomic mass is 9.74. The number of urea groups is 1. The Morgan fingerprint density at radius 3 is 2.81 bits per heavy atom. The van der Waals surface area contributed by atoms with Gasteiger partial charge in [0.1, 0.15) is 0 Å². The van der Waals surface area contributed by atoms with Gasteiger partial charge in [0.15, 0.2) is 5.79 Å². The number of fused-ring (bicyclic) bond motifs is 1. The first kappa shape index (κ1) is 23.2. The molecule has 1 saturated carbocycles. The van der Waals surface area contributed by atoms with Crippen LogP contribution in [0.25, 0.3) is 0 Å². The van der Waals surface area contributed by atoms with Gasteiger partial charge in [-0.25, -0.2) is 4.79 Å². The number of likely N-dealkylation sites (N-methyl/N-ethyl adjacent to an activating group) is 1. The Balaban J connectivity index is 1.30. The highest BCUT2D eigenvalue weighted by atomic mass is 16.7. The summed E-state index contributed by atoms with van der Waals surface area (Å²) in [5, 5.41) is 3.34. The van der Waals surface area contributed by atoms with Gasteiger partial charge in [-0.1, -0.05) is 6.92 Å².